The topological polar surface area (TPSA) is 127 Å². The van der Waals surface area contributed by atoms with Gasteiger partial charge in [-0.1, -0.05) is 12.1 Å². The van der Waals surface area contributed by atoms with Crippen molar-refractivity contribution in [3.63, 3.8) is 0 Å². The van der Waals surface area contributed by atoms with Gasteiger partial charge in [-0.25, -0.2) is 19.3 Å². The van der Waals surface area contributed by atoms with Gasteiger partial charge < -0.3 is 15.5 Å². The number of aromatic hydroxyl groups is 1. The molecule has 1 aromatic rings. The number of nitrogens with one attached hydrogen (secondary N) is 1. The van der Waals surface area contributed by atoms with Gasteiger partial charge in [-0.15, -0.1) is 0 Å². The monoisotopic (exact) mass is 321 g/mol. The van der Waals surface area contributed by atoms with Gasteiger partial charge >= 0.3 is 18.0 Å². The normalized spacial score (nSPS) is 15.4. The van der Waals surface area contributed by atoms with Crippen LogP contribution in [0.2, 0.25) is 0 Å². The van der Waals surface area contributed by atoms with E-state index in [0.29, 0.717) is 0 Å². The second-order valence-electron chi connectivity index (χ2n) is 4.92. The van der Waals surface area contributed by atoms with Gasteiger partial charge in [0, 0.05) is 13.5 Å². The van der Waals surface area contributed by atoms with Crippen molar-refractivity contribution in [2.75, 3.05) is 13.1 Å². The van der Waals surface area contributed by atoms with E-state index >= 15 is 0 Å². The van der Waals surface area contributed by atoms with E-state index in [1.165, 1.54) is 31.2 Å². The van der Waals surface area contributed by atoms with Gasteiger partial charge in [-0.2, -0.15) is 0 Å². The molecule has 1 atom stereocenters. The number of benzene rings is 1. The van der Waals surface area contributed by atoms with Gasteiger partial charge in [-0.05, 0) is 17.7 Å². The fourth-order valence-electron chi connectivity index (χ4n) is 2.17. The van der Waals surface area contributed by atoms with Gasteiger partial charge in [0.05, 0.1) is 6.54 Å². The Morgan fingerprint density at radius 3 is 2.17 bits per heavy atom. The molecule has 1 aliphatic rings. The predicted octanol–water partition coefficient (Wildman–Crippen LogP) is 0.512. The molecule has 23 heavy (non-hydrogen) atoms. The zero-order valence-electron chi connectivity index (χ0n) is 12.2. The number of hydrogen-bond acceptors (Lipinski definition) is 5. The molecule has 9 heteroatoms. The van der Waals surface area contributed by atoms with Crippen LogP contribution in [0, 0.1) is 0 Å². The Morgan fingerprint density at radius 1 is 1.13 bits per heavy atom. The molecule has 2 rings (SSSR count). The van der Waals surface area contributed by atoms with Gasteiger partial charge in [0.25, 0.3) is 0 Å². The van der Waals surface area contributed by atoms with Crippen molar-refractivity contribution in [1.82, 2.24) is 15.1 Å². The molecule has 5 amide bonds. The summed E-state index contributed by atoms with van der Waals surface area (Å²) in [5, 5.41) is 20.7. The Hall–Kier alpha value is -3.10. The Bertz CT molecular complexity index is 657. The number of nitrogens with zero attached hydrogens (tertiary/aromatic N) is 2. The molecule has 122 valence electrons. The SMILES string of the molecule is CC(=O)N1CCN(C(=O)NC(C(=O)O)c2ccc(O)cc2)C1=O. The van der Waals surface area contributed by atoms with E-state index in [-0.39, 0.29) is 24.4 Å². The van der Waals surface area contributed by atoms with Gasteiger partial charge in [0.2, 0.25) is 5.91 Å². The zero-order chi connectivity index (χ0) is 17.1. The number of carboxylic acids is 1. The van der Waals surface area contributed by atoms with Crippen molar-refractivity contribution in [3.8, 4) is 5.75 Å². The third kappa shape index (κ3) is 3.39. The maximum Gasteiger partial charge on any atom is 0.334 e. The van der Waals surface area contributed by atoms with E-state index in [1.807, 2.05) is 0 Å². The van der Waals surface area contributed by atoms with Crippen LogP contribution in [0.4, 0.5) is 9.59 Å². The molecule has 0 saturated carbocycles. The molecule has 3 N–H and O–H groups in total. The second-order valence-corrected chi connectivity index (χ2v) is 4.92. The summed E-state index contributed by atoms with van der Waals surface area (Å²) in [5.74, 6) is -1.85. The van der Waals surface area contributed by atoms with E-state index in [2.05, 4.69) is 5.32 Å². The van der Waals surface area contributed by atoms with Crippen molar-refractivity contribution in [2.24, 2.45) is 0 Å². The standard InChI is InChI=1S/C14H15N3O6/c1-8(18)16-6-7-17(14(16)23)13(22)15-11(12(20)21)9-2-4-10(19)5-3-9/h2-5,11,19H,6-7H2,1H3,(H,15,22)(H,20,21). The number of amides is 5. The maximum absolute atomic E-state index is 12.1. The van der Waals surface area contributed by atoms with Crippen molar-refractivity contribution in [2.45, 2.75) is 13.0 Å². The van der Waals surface area contributed by atoms with Crippen LogP contribution in [-0.2, 0) is 9.59 Å². The fraction of sp³-hybridized carbons (Fsp3) is 0.286. The first kappa shape index (κ1) is 16.3. The molecule has 0 spiro atoms. The van der Waals surface area contributed by atoms with E-state index in [1.54, 1.807) is 0 Å². The number of phenolic OH excluding ortho intramolecular Hbond substituents is 1. The molecule has 0 aromatic heterocycles. The second kappa shape index (κ2) is 6.34. The first-order valence-corrected chi connectivity index (χ1v) is 6.73. The number of phenols is 1. The smallest absolute Gasteiger partial charge is 0.334 e. The van der Waals surface area contributed by atoms with E-state index in [0.717, 1.165) is 9.80 Å². The number of carbonyl (C=O) groups is 4. The number of imide groups is 2. The Balaban J connectivity index is 2.13. The van der Waals surface area contributed by atoms with Crippen LogP contribution in [0.3, 0.4) is 0 Å². The molecule has 1 fully saturated rings. The zero-order valence-corrected chi connectivity index (χ0v) is 12.2. The number of carboxylic acid groups (broad SMARTS) is 1. The number of urea groups is 2. The van der Waals surface area contributed by atoms with Crippen LogP contribution in [0.1, 0.15) is 18.5 Å². The molecule has 1 aliphatic heterocycles. The third-order valence-electron chi connectivity index (χ3n) is 3.38. The first-order valence-electron chi connectivity index (χ1n) is 6.73. The summed E-state index contributed by atoms with van der Waals surface area (Å²) in [7, 11) is 0. The highest BCUT2D eigenvalue weighted by atomic mass is 16.4. The molecular weight excluding hydrogens is 306 g/mol. The fourth-order valence-corrected chi connectivity index (χ4v) is 2.17. The lowest BCUT2D eigenvalue weighted by molar-refractivity contribution is -0.139. The lowest BCUT2D eigenvalue weighted by Gasteiger charge is -2.20. The lowest BCUT2D eigenvalue weighted by atomic mass is 10.1. The number of hydrogen-bond donors (Lipinski definition) is 3. The molecule has 1 heterocycles. The van der Waals surface area contributed by atoms with Crippen molar-refractivity contribution >= 4 is 23.9 Å². The third-order valence-corrected chi connectivity index (χ3v) is 3.38. The van der Waals surface area contributed by atoms with Crippen molar-refractivity contribution in [1.29, 1.82) is 0 Å². The molecule has 1 aromatic carbocycles. The van der Waals surface area contributed by atoms with Crippen LogP contribution in [0.15, 0.2) is 24.3 Å². The first-order chi connectivity index (χ1) is 10.8. The summed E-state index contributed by atoms with van der Waals surface area (Å²) in [6, 6.07) is 2.20. The summed E-state index contributed by atoms with van der Waals surface area (Å²) in [6.45, 7) is 1.26. The average molecular weight is 321 g/mol. The average Bonchev–Trinajstić information content (AvgIpc) is 2.87. The highest BCUT2D eigenvalue weighted by molar-refractivity contribution is 6.03. The van der Waals surface area contributed by atoms with E-state index in [4.69, 9.17) is 0 Å². The van der Waals surface area contributed by atoms with Gasteiger partial charge in [0.1, 0.15) is 5.75 Å². The molecule has 0 bridgehead atoms. The van der Waals surface area contributed by atoms with Gasteiger partial charge in [-0.3, -0.25) is 9.69 Å². The molecule has 0 aliphatic carbocycles. The summed E-state index contributed by atoms with van der Waals surface area (Å²) in [6.07, 6.45) is 0. The number of carbonyl (C=O) groups excluding carboxylic acids is 3. The van der Waals surface area contributed by atoms with E-state index < -0.39 is 30.0 Å². The van der Waals surface area contributed by atoms with Gasteiger partial charge in [0.15, 0.2) is 6.04 Å². The highest BCUT2D eigenvalue weighted by Crippen LogP contribution is 2.18. The van der Waals surface area contributed by atoms with E-state index in [9.17, 15) is 29.4 Å². The quantitative estimate of drug-likeness (QED) is 0.744. The van der Waals surface area contributed by atoms with Crippen LogP contribution in [0.25, 0.3) is 0 Å². The predicted molar refractivity (Wildman–Crippen MR) is 76.5 cm³/mol. The Kier molecular flexibility index (Phi) is 4.49. The van der Waals surface area contributed by atoms with Crippen LogP contribution < -0.4 is 5.32 Å². The Morgan fingerprint density at radius 2 is 1.70 bits per heavy atom. The lowest BCUT2D eigenvalue weighted by Crippen LogP contribution is -2.46. The molecule has 1 saturated heterocycles. The summed E-state index contributed by atoms with van der Waals surface area (Å²) in [5.41, 5.74) is 0.235. The Labute approximate surface area is 131 Å². The highest BCUT2D eigenvalue weighted by Gasteiger charge is 2.37. The molecular formula is C14H15N3O6. The van der Waals surface area contributed by atoms with Crippen LogP contribution >= 0.6 is 0 Å². The molecule has 0 radical (unpaired) electrons. The summed E-state index contributed by atoms with van der Waals surface area (Å²) < 4.78 is 0. The molecule has 9 nitrogen and oxygen atoms in total. The summed E-state index contributed by atoms with van der Waals surface area (Å²) in [4.78, 5) is 48.3. The molecule has 1 unspecified atom stereocenters. The van der Waals surface area contributed by atoms with Crippen molar-refractivity contribution < 1.29 is 29.4 Å². The largest absolute Gasteiger partial charge is 0.508 e. The number of rotatable bonds is 3. The van der Waals surface area contributed by atoms with Crippen LogP contribution in [0.5, 0.6) is 5.75 Å². The minimum absolute atomic E-state index is 0.00777. The minimum atomic E-state index is -1.39. The minimum Gasteiger partial charge on any atom is -0.508 e. The van der Waals surface area contributed by atoms with Crippen molar-refractivity contribution in [3.05, 3.63) is 29.8 Å². The van der Waals surface area contributed by atoms with Crippen LogP contribution in [-0.4, -0.2) is 57.0 Å². The number of aliphatic carboxylic acids is 1. The summed E-state index contributed by atoms with van der Waals surface area (Å²) >= 11 is 0. The maximum atomic E-state index is 12.1.